The molecule has 1 fully saturated rings. The molecule has 2 aromatic heterocycles. The first-order chi connectivity index (χ1) is 15.4. The minimum atomic E-state index is -0.396. The predicted molar refractivity (Wildman–Crippen MR) is 126 cm³/mol. The van der Waals surface area contributed by atoms with Crippen LogP contribution in [0.2, 0.25) is 0 Å². The molecule has 0 saturated heterocycles. The summed E-state index contributed by atoms with van der Waals surface area (Å²) in [6.45, 7) is 3.80. The van der Waals surface area contributed by atoms with Crippen molar-refractivity contribution in [2.24, 2.45) is 13.0 Å². The third kappa shape index (κ3) is 4.60. The fraction of sp³-hybridized carbons (Fsp3) is 0.417. The van der Waals surface area contributed by atoms with E-state index in [4.69, 9.17) is 9.72 Å². The molecule has 3 aromatic rings. The molecule has 0 aliphatic heterocycles. The van der Waals surface area contributed by atoms with E-state index in [-0.39, 0.29) is 23.3 Å². The number of carbonyl (C=O) groups excluding carboxylic acids is 2. The van der Waals surface area contributed by atoms with Gasteiger partial charge in [0.15, 0.2) is 0 Å². The molecule has 0 spiro atoms. The van der Waals surface area contributed by atoms with Gasteiger partial charge in [0.25, 0.3) is 11.5 Å². The van der Waals surface area contributed by atoms with Gasteiger partial charge in [-0.1, -0.05) is 0 Å². The lowest BCUT2D eigenvalue weighted by molar-refractivity contribution is -0.111. The number of aldehydes is 1. The van der Waals surface area contributed by atoms with Crippen LogP contribution in [0.4, 0.5) is 5.69 Å². The maximum absolute atomic E-state index is 13.1. The molecule has 1 aliphatic carbocycles. The molecule has 0 atom stereocenters. The van der Waals surface area contributed by atoms with E-state index in [0.29, 0.717) is 17.2 Å². The van der Waals surface area contributed by atoms with Crippen molar-refractivity contribution in [1.29, 1.82) is 0 Å². The SMILES string of the molecule is CC(C)Oc1cc2nc(C3CCC(C=O)CC3)sc2cc1C(=O)Nc1cccn(C)c1=O. The summed E-state index contributed by atoms with van der Waals surface area (Å²) in [6, 6.07) is 6.90. The van der Waals surface area contributed by atoms with E-state index in [1.54, 1.807) is 42.8 Å². The van der Waals surface area contributed by atoms with Crippen LogP contribution in [0.3, 0.4) is 0 Å². The van der Waals surface area contributed by atoms with E-state index in [0.717, 1.165) is 47.2 Å². The molecule has 8 heteroatoms. The summed E-state index contributed by atoms with van der Waals surface area (Å²) in [5.74, 6) is 0.543. The zero-order valence-electron chi connectivity index (χ0n) is 18.5. The van der Waals surface area contributed by atoms with Gasteiger partial charge in [0, 0.05) is 31.1 Å². The standard InChI is InChI=1S/C24H27N3O4S/c1-14(2)31-20-12-19-21(32-23(26-19)16-8-6-15(13-28)7-9-16)11-17(20)22(29)25-18-5-4-10-27(3)24(18)30/h4-5,10-16H,6-9H2,1-3H3,(H,25,29). The number of ether oxygens (including phenoxy) is 1. The van der Waals surface area contributed by atoms with E-state index < -0.39 is 5.91 Å². The van der Waals surface area contributed by atoms with Gasteiger partial charge in [-0.2, -0.15) is 0 Å². The van der Waals surface area contributed by atoms with Gasteiger partial charge in [-0.15, -0.1) is 11.3 Å². The number of thiazole rings is 1. The first-order valence-corrected chi connectivity index (χ1v) is 11.7. The van der Waals surface area contributed by atoms with Gasteiger partial charge >= 0.3 is 0 Å². The van der Waals surface area contributed by atoms with Crippen molar-refractivity contribution in [3.05, 3.63) is 51.4 Å². The molecule has 32 heavy (non-hydrogen) atoms. The Bertz CT molecular complexity index is 1210. The van der Waals surface area contributed by atoms with Gasteiger partial charge in [-0.25, -0.2) is 4.98 Å². The number of aromatic nitrogens is 2. The first kappa shape index (κ1) is 22.2. The Morgan fingerprint density at radius 3 is 2.72 bits per heavy atom. The summed E-state index contributed by atoms with van der Waals surface area (Å²) in [6.07, 6.45) is 6.26. The van der Waals surface area contributed by atoms with Crippen LogP contribution in [0.15, 0.2) is 35.3 Å². The Morgan fingerprint density at radius 2 is 2.03 bits per heavy atom. The van der Waals surface area contributed by atoms with E-state index in [2.05, 4.69) is 5.32 Å². The summed E-state index contributed by atoms with van der Waals surface area (Å²) in [7, 11) is 1.64. The van der Waals surface area contributed by atoms with E-state index >= 15 is 0 Å². The number of anilines is 1. The monoisotopic (exact) mass is 453 g/mol. The Kier molecular flexibility index (Phi) is 6.41. The molecule has 7 nitrogen and oxygen atoms in total. The van der Waals surface area contributed by atoms with Crippen LogP contribution in [0.1, 0.15) is 60.8 Å². The number of hydrogen-bond donors (Lipinski definition) is 1. The molecule has 1 aliphatic rings. The number of pyridine rings is 1. The fourth-order valence-corrected chi connectivity index (χ4v) is 5.22. The number of hydrogen-bond acceptors (Lipinski definition) is 6. The molecule has 1 amide bonds. The third-order valence-electron chi connectivity index (χ3n) is 5.80. The molecule has 1 saturated carbocycles. The zero-order valence-corrected chi connectivity index (χ0v) is 19.3. The summed E-state index contributed by atoms with van der Waals surface area (Å²) in [4.78, 5) is 41.3. The molecule has 1 N–H and O–H groups in total. The highest BCUT2D eigenvalue weighted by Crippen LogP contribution is 2.40. The molecular weight excluding hydrogens is 426 g/mol. The predicted octanol–water partition coefficient (Wildman–Crippen LogP) is 4.51. The highest BCUT2D eigenvalue weighted by atomic mass is 32.1. The molecule has 0 radical (unpaired) electrons. The van der Waals surface area contributed by atoms with Crippen LogP contribution >= 0.6 is 11.3 Å². The van der Waals surface area contributed by atoms with Gasteiger partial charge in [0.2, 0.25) is 0 Å². The average Bonchev–Trinajstić information content (AvgIpc) is 3.19. The number of amides is 1. The van der Waals surface area contributed by atoms with Crippen molar-refractivity contribution < 1.29 is 14.3 Å². The second kappa shape index (κ2) is 9.24. The Hall–Kier alpha value is -3.00. The van der Waals surface area contributed by atoms with Crippen LogP contribution in [0.25, 0.3) is 10.2 Å². The van der Waals surface area contributed by atoms with Crippen molar-refractivity contribution in [2.45, 2.75) is 51.6 Å². The molecule has 2 heterocycles. The molecule has 1 aromatic carbocycles. The normalized spacial score (nSPS) is 18.6. The van der Waals surface area contributed by atoms with Crippen LogP contribution in [-0.4, -0.2) is 27.8 Å². The minimum Gasteiger partial charge on any atom is -0.490 e. The number of nitrogens with one attached hydrogen (secondary N) is 1. The largest absolute Gasteiger partial charge is 0.490 e. The number of fused-ring (bicyclic) bond motifs is 1. The number of carbonyl (C=O) groups is 2. The number of nitrogens with zero attached hydrogens (tertiary/aromatic N) is 2. The number of benzene rings is 1. The quantitative estimate of drug-likeness (QED) is 0.555. The maximum atomic E-state index is 13.1. The van der Waals surface area contributed by atoms with Crippen molar-refractivity contribution in [3.8, 4) is 5.75 Å². The lowest BCUT2D eigenvalue weighted by Crippen LogP contribution is -2.24. The fourth-order valence-electron chi connectivity index (χ4n) is 4.06. The van der Waals surface area contributed by atoms with Crippen molar-refractivity contribution in [3.63, 3.8) is 0 Å². The Labute approximate surface area is 190 Å². The summed E-state index contributed by atoms with van der Waals surface area (Å²) >= 11 is 1.58. The van der Waals surface area contributed by atoms with Crippen LogP contribution < -0.4 is 15.6 Å². The van der Waals surface area contributed by atoms with Gasteiger partial charge < -0.3 is 19.4 Å². The lowest BCUT2D eigenvalue weighted by Gasteiger charge is -2.23. The van der Waals surface area contributed by atoms with Gasteiger partial charge in [-0.3, -0.25) is 9.59 Å². The molecule has 0 unspecified atom stereocenters. The van der Waals surface area contributed by atoms with Crippen molar-refractivity contribution in [2.75, 3.05) is 5.32 Å². The first-order valence-electron chi connectivity index (χ1n) is 10.9. The second-order valence-electron chi connectivity index (χ2n) is 8.57. The topological polar surface area (TPSA) is 90.3 Å². The lowest BCUT2D eigenvalue weighted by atomic mass is 9.83. The molecular formula is C24H27N3O4S. The Morgan fingerprint density at radius 1 is 1.28 bits per heavy atom. The highest BCUT2D eigenvalue weighted by Gasteiger charge is 2.25. The molecule has 168 valence electrons. The van der Waals surface area contributed by atoms with Crippen LogP contribution in [-0.2, 0) is 11.8 Å². The molecule has 4 rings (SSSR count). The van der Waals surface area contributed by atoms with Gasteiger partial charge in [-0.05, 0) is 57.7 Å². The number of aryl methyl sites for hydroxylation is 1. The summed E-state index contributed by atoms with van der Waals surface area (Å²) in [5, 5.41) is 3.76. The van der Waals surface area contributed by atoms with Gasteiger partial charge in [0.1, 0.15) is 17.7 Å². The zero-order chi connectivity index (χ0) is 22.8. The third-order valence-corrected chi connectivity index (χ3v) is 6.98. The maximum Gasteiger partial charge on any atom is 0.274 e. The van der Waals surface area contributed by atoms with Crippen LogP contribution in [0, 0.1) is 5.92 Å². The van der Waals surface area contributed by atoms with E-state index in [9.17, 15) is 14.4 Å². The van der Waals surface area contributed by atoms with Crippen LogP contribution in [0.5, 0.6) is 5.75 Å². The Balaban J connectivity index is 1.67. The van der Waals surface area contributed by atoms with E-state index in [1.165, 1.54) is 4.57 Å². The highest BCUT2D eigenvalue weighted by molar-refractivity contribution is 7.18. The van der Waals surface area contributed by atoms with Crippen molar-refractivity contribution >= 4 is 39.4 Å². The average molecular weight is 454 g/mol. The minimum absolute atomic E-state index is 0.125. The number of rotatable bonds is 6. The van der Waals surface area contributed by atoms with Gasteiger partial charge in [0.05, 0.1) is 26.9 Å². The summed E-state index contributed by atoms with van der Waals surface area (Å²) in [5.41, 5.74) is 1.11. The smallest absolute Gasteiger partial charge is 0.274 e. The molecule has 0 bridgehead atoms. The second-order valence-corrected chi connectivity index (χ2v) is 9.64. The van der Waals surface area contributed by atoms with Crippen molar-refractivity contribution in [1.82, 2.24) is 9.55 Å². The summed E-state index contributed by atoms with van der Waals surface area (Å²) < 4.78 is 8.25. The van der Waals surface area contributed by atoms with E-state index in [1.807, 2.05) is 19.9 Å².